The van der Waals surface area contributed by atoms with Gasteiger partial charge in [-0.05, 0) is 41.1 Å². The van der Waals surface area contributed by atoms with Crippen molar-refractivity contribution in [2.45, 2.75) is 6.92 Å². The molecule has 0 aliphatic heterocycles. The van der Waals surface area contributed by atoms with Crippen molar-refractivity contribution in [3.05, 3.63) is 35.7 Å². The summed E-state index contributed by atoms with van der Waals surface area (Å²) in [4.78, 5) is 14.4. The molecule has 1 heterocycles. The molecule has 0 aliphatic carbocycles. The molecule has 2 aromatic rings. The van der Waals surface area contributed by atoms with Crippen LogP contribution < -0.4 is 0 Å². The number of ether oxygens (including phenoxy) is 2. The van der Waals surface area contributed by atoms with Gasteiger partial charge in [0.05, 0.1) is 18.9 Å². The Balaban J connectivity index is 2.18. The van der Waals surface area contributed by atoms with Crippen molar-refractivity contribution in [2.24, 2.45) is 0 Å². The average molecular weight is 319 g/mol. The molecule has 1 aromatic heterocycles. The third kappa shape index (κ3) is 4.33. The molecule has 0 atom stereocenters. The molecule has 0 saturated carbocycles. The molecule has 1 aromatic carbocycles. The van der Waals surface area contributed by atoms with Crippen LogP contribution in [0.1, 0.15) is 15.9 Å². The monoisotopic (exact) mass is 319 g/mol. The predicted molar refractivity (Wildman–Crippen MR) is 83.5 cm³/mol. The Bertz CT molecular complexity index is 622. The van der Waals surface area contributed by atoms with Gasteiger partial charge in [0, 0.05) is 32.9 Å². The average Bonchev–Trinajstić information content (AvgIpc) is 3.08. The Labute approximate surface area is 135 Å². The number of nitrogens with zero attached hydrogens (tertiary/aromatic N) is 5. The van der Waals surface area contributed by atoms with Crippen molar-refractivity contribution < 1.29 is 14.3 Å². The molecule has 0 bridgehead atoms. The van der Waals surface area contributed by atoms with Crippen molar-refractivity contribution in [1.29, 1.82) is 0 Å². The summed E-state index contributed by atoms with van der Waals surface area (Å²) in [5, 5.41) is 11.1. The van der Waals surface area contributed by atoms with Crippen LogP contribution in [0.2, 0.25) is 0 Å². The molecular weight excluding hydrogens is 298 g/mol. The summed E-state index contributed by atoms with van der Waals surface area (Å²) in [7, 11) is 3.23. The lowest BCUT2D eigenvalue weighted by Gasteiger charge is -2.22. The Morgan fingerprint density at radius 1 is 1.22 bits per heavy atom. The number of aryl methyl sites for hydroxylation is 1. The van der Waals surface area contributed by atoms with Crippen molar-refractivity contribution in [2.75, 3.05) is 40.5 Å². The first kappa shape index (κ1) is 17.0. The van der Waals surface area contributed by atoms with E-state index in [1.165, 1.54) is 6.33 Å². The molecule has 0 radical (unpaired) electrons. The molecule has 0 saturated heterocycles. The fourth-order valence-electron chi connectivity index (χ4n) is 2.22. The lowest BCUT2D eigenvalue weighted by molar-refractivity contribution is 0.0627. The maximum absolute atomic E-state index is 12.7. The quantitative estimate of drug-likeness (QED) is 0.712. The highest BCUT2D eigenvalue weighted by atomic mass is 16.5. The molecule has 1 amide bonds. The van der Waals surface area contributed by atoms with Gasteiger partial charge in [-0.25, -0.2) is 4.68 Å². The summed E-state index contributed by atoms with van der Waals surface area (Å²) in [6.45, 7) is 3.93. The van der Waals surface area contributed by atoms with Gasteiger partial charge in [0.1, 0.15) is 6.33 Å². The molecule has 8 nitrogen and oxygen atoms in total. The van der Waals surface area contributed by atoms with Gasteiger partial charge in [-0.1, -0.05) is 0 Å². The number of benzene rings is 1. The van der Waals surface area contributed by atoms with Crippen LogP contribution in [0.4, 0.5) is 0 Å². The smallest absolute Gasteiger partial charge is 0.254 e. The SMILES string of the molecule is COCCN(CCOC)C(=O)c1ccc(-n2cnnn2)c(C)c1. The number of aromatic nitrogens is 4. The number of tetrazole rings is 1. The van der Waals surface area contributed by atoms with Crippen LogP contribution in [0.25, 0.3) is 5.69 Å². The van der Waals surface area contributed by atoms with Gasteiger partial charge in [0.25, 0.3) is 5.91 Å². The van der Waals surface area contributed by atoms with E-state index in [4.69, 9.17) is 9.47 Å². The Hall–Kier alpha value is -2.32. The van der Waals surface area contributed by atoms with Crippen LogP contribution in [0.5, 0.6) is 0 Å². The summed E-state index contributed by atoms with van der Waals surface area (Å²) in [5.74, 6) is -0.0505. The normalized spacial score (nSPS) is 10.7. The molecule has 2 rings (SSSR count). The van der Waals surface area contributed by atoms with E-state index in [-0.39, 0.29) is 5.91 Å². The first-order valence-corrected chi connectivity index (χ1v) is 7.28. The molecule has 0 spiro atoms. The zero-order valence-electron chi connectivity index (χ0n) is 13.6. The van der Waals surface area contributed by atoms with Crippen LogP contribution in [-0.4, -0.2) is 71.5 Å². The Morgan fingerprint density at radius 2 is 1.91 bits per heavy atom. The van der Waals surface area contributed by atoms with Gasteiger partial charge >= 0.3 is 0 Å². The second kappa shape index (κ2) is 8.35. The molecule has 0 fully saturated rings. The maximum atomic E-state index is 12.7. The summed E-state index contributed by atoms with van der Waals surface area (Å²) < 4.78 is 11.7. The third-order valence-corrected chi connectivity index (χ3v) is 3.46. The minimum Gasteiger partial charge on any atom is -0.383 e. The summed E-state index contributed by atoms with van der Waals surface area (Å²) in [5.41, 5.74) is 2.37. The summed E-state index contributed by atoms with van der Waals surface area (Å²) in [6, 6.07) is 5.45. The topological polar surface area (TPSA) is 82.4 Å². The van der Waals surface area contributed by atoms with E-state index in [0.717, 1.165) is 11.3 Å². The molecule has 0 N–H and O–H groups in total. The molecule has 124 valence electrons. The van der Waals surface area contributed by atoms with Crippen LogP contribution in [0.15, 0.2) is 24.5 Å². The van der Waals surface area contributed by atoms with Crippen LogP contribution in [0, 0.1) is 6.92 Å². The first-order chi connectivity index (χ1) is 11.2. The molecular formula is C15H21N5O3. The van der Waals surface area contributed by atoms with E-state index in [1.807, 2.05) is 19.1 Å². The lowest BCUT2D eigenvalue weighted by Crippen LogP contribution is -2.36. The molecule has 0 aliphatic rings. The second-order valence-electron chi connectivity index (χ2n) is 5.03. The van der Waals surface area contributed by atoms with Gasteiger partial charge < -0.3 is 14.4 Å². The van der Waals surface area contributed by atoms with Crippen LogP contribution in [0.3, 0.4) is 0 Å². The first-order valence-electron chi connectivity index (χ1n) is 7.28. The Morgan fingerprint density at radius 3 is 2.43 bits per heavy atom. The fraction of sp³-hybridized carbons (Fsp3) is 0.467. The highest BCUT2D eigenvalue weighted by Gasteiger charge is 2.16. The number of carbonyl (C=O) groups excluding carboxylic acids is 1. The minimum atomic E-state index is -0.0505. The summed E-state index contributed by atoms with van der Waals surface area (Å²) in [6.07, 6.45) is 1.52. The van der Waals surface area contributed by atoms with Crippen LogP contribution >= 0.6 is 0 Å². The number of rotatable bonds is 8. The van der Waals surface area contributed by atoms with E-state index in [9.17, 15) is 4.79 Å². The fourth-order valence-corrected chi connectivity index (χ4v) is 2.22. The lowest BCUT2D eigenvalue weighted by atomic mass is 10.1. The van der Waals surface area contributed by atoms with E-state index >= 15 is 0 Å². The largest absolute Gasteiger partial charge is 0.383 e. The van der Waals surface area contributed by atoms with Crippen molar-refractivity contribution >= 4 is 5.91 Å². The van der Waals surface area contributed by atoms with Gasteiger partial charge in [0.15, 0.2) is 0 Å². The molecule has 8 heteroatoms. The number of carbonyl (C=O) groups is 1. The standard InChI is InChI=1S/C15H21N5O3/c1-12-10-13(4-5-14(12)20-11-16-17-18-20)15(21)19(6-8-22-2)7-9-23-3/h4-5,10-11H,6-9H2,1-3H3. The van der Waals surface area contributed by atoms with Crippen LogP contribution in [-0.2, 0) is 9.47 Å². The second-order valence-corrected chi connectivity index (χ2v) is 5.03. The number of hydrogen-bond donors (Lipinski definition) is 0. The van der Waals surface area contributed by atoms with E-state index in [0.29, 0.717) is 31.9 Å². The number of hydrogen-bond acceptors (Lipinski definition) is 6. The van der Waals surface area contributed by atoms with Crippen molar-refractivity contribution in [3.63, 3.8) is 0 Å². The number of amides is 1. The van der Waals surface area contributed by atoms with Crippen molar-refractivity contribution in [3.8, 4) is 5.69 Å². The molecule has 0 unspecified atom stereocenters. The zero-order valence-corrected chi connectivity index (χ0v) is 13.6. The van der Waals surface area contributed by atoms with E-state index in [1.54, 1.807) is 29.9 Å². The van der Waals surface area contributed by atoms with Gasteiger partial charge in [-0.3, -0.25) is 4.79 Å². The van der Waals surface area contributed by atoms with Crippen molar-refractivity contribution in [1.82, 2.24) is 25.1 Å². The minimum absolute atomic E-state index is 0.0505. The molecule has 23 heavy (non-hydrogen) atoms. The van der Waals surface area contributed by atoms with Gasteiger partial charge in [0.2, 0.25) is 0 Å². The van der Waals surface area contributed by atoms with Gasteiger partial charge in [-0.15, -0.1) is 5.10 Å². The zero-order chi connectivity index (χ0) is 16.7. The Kier molecular flexibility index (Phi) is 6.19. The van der Waals surface area contributed by atoms with Gasteiger partial charge in [-0.2, -0.15) is 0 Å². The number of methoxy groups -OCH3 is 2. The maximum Gasteiger partial charge on any atom is 0.254 e. The highest BCUT2D eigenvalue weighted by molar-refractivity contribution is 5.94. The predicted octanol–water partition coefficient (Wildman–Crippen LogP) is 0.706. The van der Waals surface area contributed by atoms with E-state index in [2.05, 4.69) is 15.5 Å². The third-order valence-electron chi connectivity index (χ3n) is 3.46. The summed E-state index contributed by atoms with van der Waals surface area (Å²) >= 11 is 0. The van der Waals surface area contributed by atoms with E-state index < -0.39 is 0 Å². The highest BCUT2D eigenvalue weighted by Crippen LogP contribution is 2.16.